The second-order valence-corrected chi connectivity index (χ2v) is 6.77. The molecule has 3 rings (SSSR count). The molecule has 1 aliphatic rings. The van der Waals surface area contributed by atoms with Crippen LogP contribution < -0.4 is 11.1 Å². The molecule has 0 saturated heterocycles. The van der Waals surface area contributed by atoms with Crippen LogP contribution in [0, 0.1) is 5.92 Å². The van der Waals surface area contributed by atoms with Crippen LogP contribution in [0.1, 0.15) is 31.2 Å². The smallest absolute Gasteiger partial charge is 0.220 e. The zero-order valence-electron chi connectivity index (χ0n) is 12.6. The van der Waals surface area contributed by atoms with Crippen LogP contribution in [-0.4, -0.2) is 18.5 Å². The predicted molar refractivity (Wildman–Crippen MR) is 95.7 cm³/mol. The minimum absolute atomic E-state index is 0. The topological polar surface area (TPSA) is 55.1 Å². The van der Waals surface area contributed by atoms with Gasteiger partial charge in [-0.25, -0.2) is 0 Å². The number of hydrogen-bond acceptors (Lipinski definition) is 3. The molecule has 1 aromatic heterocycles. The molecule has 0 radical (unpaired) electrons. The molecule has 1 aromatic carbocycles. The quantitative estimate of drug-likeness (QED) is 0.811. The maximum atomic E-state index is 12.0. The summed E-state index contributed by atoms with van der Waals surface area (Å²) < 4.78 is 1.33. The highest BCUT2D eigenvalue weighted by atomic mass is 35.5. The Bertz CT molecular complexity index is 624. The van der Waals surface area contributed by atoms with E-state index in [9.17, 15) is 4.79 Å². The molecular formula is C17H23ClN2OS. The number of carbonyl (C=O) groups excluding carboxylic acids is 1. The third kappa shape index (κ3) is 4.22. The average Bonchev–Trinajstić information content (AvgIpc) is 3.27. The third-order valence-corrected chi connectivity index (χ3v) is 5.21. The highest BCUT2D eigenvalue weighted by molar-refractivity contribution is 7.17. The van der Waals surface area contributed by atoms with Crippen molar-refractivity contribution in [2.45, 2.75) is 38.1 Å². The summed E-state index contributed by atoms with van der Waals surface area (Å²) in [6, 6.07) is 8.66. The van der Waals surface area contributed by atoms with Crippen molar-refractivity contribution in [1.82, 2.24) is 5.32 Å². The number of carbonyl (C=O) groups is 1. The molecule has 3 nitrogen and oxygen atoms in total. The first-order valence-electron chi connectivity index (χ1n) is 7.72. The lowest BCUT2D eigenvalue weighted by Crippen LogP contribution is -2.41. The van der Waals surface area contributed by atoms with Crippen LogP contribution in [0.15, 0.2) is 29.6 Å². The highest BCUT2D eigenvalue weighted by Gasteiger charge is 2.30. The van der Waals surface area contributed by atoms with Gasteiger partial charge in [-0.15, -0.1) is 23.7 Å². The van der Waals surface area contributed by atoms with E-state index in [0.29, 0.717) is 18.9 Å². The standard InChI is InChI=1S/C17H22N2OS.ClH/c18-10-15(12-8-9-12)19-17(20)7-3-4-13-11-21-16-6-2-1-5-14(13)16;/h1-2,5-6,11-12,15H,3-4,7-10,18H2,(H,19,20);1H. The fourth-order valence-corrected chi connectivity index (χ4v) is 3.81. The largest absolute Gasteiger partial charge is 0.352 e. The van der Waals surface area contributed by atoms with Crippen molar-refractivity contribution in [3.05, 3.63) is 35.2 Å². The van der Waals surface area contributed by atoms with E-state index in [0.717, 1.165) is 12.8 Å². The molecule has 1 amide bonds. The molecule has 3 N–H and O–H groups in total. The molecule has 1 atom stereocenters. The number of hydrogen-bond donors (Lipinski definition) is 2. The van der Waals surface area contributed by atoms with E-state index in [-0.39, 0.29) is 24.4 Å². The van der Waals surface area contributed by atoms with Crippen molar-refractivity contribution < 1.29 is 4.79 Å². The van der Waals surface area contributed by atoms with Gasteiger partial charge in [0.2, 0.25) is 5.91 Å². The second-order valence-electron chi connectivity index (χ2n) is 5.86. The molecule has 22 heavy (non-hydrogen) atoms. The number of amides is 1. The average molecular weight is 339 g/mol. The monoisotopic (exact) mass is 338 g/mol. The van der Waals surface area contributed by atoms with Crippen molar-refractivity contribution in [3.63, 3.8) is 0 Å². The predicted octanol–water partition coefficient (Wildman–Crippen LogP) is 3.50. The van der Waals surface area contributed by atoms with Crippen LogP contribution in [0.25, 0.3) is 10.1 Å². The van der Waals surface area contributed by atoms with E-state index in [1.54, 1.807) is 11.3 Å². The number of nitrogens with two attached hydrogens (primary N) is 1. The molecule has 120 valence electrons. The molecule has 0 bridgehead atoms. The maximum absolute atomic E-state index is 12.0. The molecule has 1 heterocycles. The molecule has 1 fully saturated rings. The summed E-state index contributed by atoms with van der Waals surface area (Å²) >= 11 is 1.78. The van der Waals surface area contributed by atoms with E-state index >= 15 is 0 Å². The van der Waals surface area contributed by atoms with Crippen LogP contribution in [0.4, 0.5) is 0 Å². The summed E-state index contributed by atoms with van der Waals surface area (Å²) in [6.45, 7) is 0.561. The normalized spacial score (nSPS) is 15.3. The molecule has 1 unspecified atom stereocenters. The van der Waals surface area contributed by atoms with Gasteiger partial charge < -0.3 is 11.1 Å². The van der Waals surface area contributed by atoms with E-state index in [2.05, 4.69) is 35.0 Å². The van der Waals surface area contributed by atoms with Gasteiger partial charge in [-0.2, -0.15) is 0 Å². The van der Waals surface area contributed by atoms with E-state index in [1.165, 1.54) is 28.5 Å². The Kier molecular flexibility index (Phi) is 6.24. The highest BCUT2D eigenvalue weighted by Crippen LogP contribution is 2.32. The van der Waals surface area contributed by atoms with Gasteiger partial charge in [-0.1, -0.05) is 18.2 Å². The Morgan fingerprint density at radius 2 is 2.14 bits per heavy atom. The minimum Gasteiger partial charge on any atom is -0.352 e. The van der Waals surface area contributed by atoms with Crippen LogP contribution >= 0.6 is 23.7 Å². The Morgan fingerprint density at radius 3 is 2.86 bits per heavy atom. The van der Waals surface area contributed by atoms with Gasteiger partial charge in [0, 0.05) is 23.7 Å². The van der Waals surface area contributed by atoms with Gasteiger partial charge in [0.25, 0.3) is 0 Å². The second kappa shape index (κ2) is 7.95. The number of rotatable bonds is 7. The SMILES string of the molecule is Cl.NCC(NC(=O)CCCc1csc2ccccc12)C1CC1. The Labute approximate surface area is 141 Å². The molecule has 0 aliphatic heterocycles. The van der Waals surface area contributed by atoms with E-state index in [4.69, 9.17) is 5.73 Å². The van der Waals surface area contributed by atoms with Gasteiger partial charge in [-0.3, -0.25) is 4.79 Å². The van der Waals surface area contributed by atoms with Gasteiger partial charge in [0.1, 0.15) is 0 Å². The van der Waals surface area contributed by atoms with Gasteiger partial charge >= 0.3 is 0 Å². The van der Waals surface area contributed by atoms with Gasteiger partial charge in [-0.05, 0) is 54.0 Å². The number of fused-ring (bicyclic) bond motifs is 1. The zero-order chi connectivity index (χ0) is 14.7. The molecule has 0 spiro atoms. The number of aryl methyl sites for hydroxylation is 1. The lowest BCUT2D eigenvalue weighted by atomic mass is 10.1. The zero-order valence-corrected chi connectivity index (χ0v) is 14.2. The van der Waals surface area contributed by atoms with Crippen LogP contribution in [0.3, 0.4) is 0 Å². The fourth-order valence-electron chi connectivity index (χ4n) is 2.81. The fraction of sp³-hybridized carbons (Fsp3) is 0.471. The first-order valence-corrected chi connectivity index (χ1v) is 8.60. The summed E-state index contributed by atoms with van der Waals surface area (Å²) in [7, 11) is 0. The molecule has 1 saturated carbocycles. The Balaban J connectivity index is 0.00000176. The van der Waals surface area contributed by atoms with Crippen molar-refractivity contribution in [1.29, 1.82) is 0 Å². The van der Waals surface area contributed by atoms with Crippen LogP contribution in [0.2, 0.25) is 0 Å². The van der Waals surface area contributed by atoms with E-state index < -0.39 is 0 Å². The van der Waals surface area contributed by atoms with Crippen LogP contribution in [0.5, 0.6) is 0 Å². The lowest BCUT2D eigenvalue weighted by Gasteiger charge is -2.15. The molecule has 1 aliphatic carbocycles. The van der Waals surface area contributed by atoms with Gasteiger partial charge in [0.15, 0.2) is 0 Å². The summed E-state index contributed by atoms with van der Waals surface area (Å²) in [4.78, 5) is 12.0. The van der Waals surface area contributed by atoms with Crippen molar-refractivity contribution >= 4 is 39.7 Å². The first-order chi connectivity index (χ1) is 10.3. The number of benzene rings is 1. The number of thiophene rings is 1. The van der Waals surface area contributed by atoms with E-state index in [1.807, 2.05) is 0 Å². The number of halogens is 1. The molecule has 5 heteroatoms. The molecule has 2 aromatic rings. The minimum atomic E-state index is 0. The Hall–Kier alpha value is -1.10. The summed E-state index contributed by atoms with van der Waals surface area (Å²) in [5, 5.41) is 6.64. The summed E-state index contributed by atoms with van der Waals surface area (Å²) in [5.74, 6) is 0.775. The lowest BCUT2D eigenvalue weighted by molar-refractivity contribution is -0.122. The van der Waals surface area contributed by atoms with Crippen molar-refractivity contribution in [2.24, 2.45) is 11.7 Å². The summed E-state index contributed by atoms with van der Waals surface area (Å²) in [6.07, 6.45) is 4.88. The molecular weight excluding hydrogens is 316 g/mol. The van der Waals surface area contributed by atoms with Crippen molar-refractivity contribution in [2.75, 3.05) is 6.54 Å². The number of nitrogens with one attached hydrogen (secondary N) is 1. The van der Waals surface area contributed by atoms with Gasteiger partial charge in [0.05, 0.1) is 0 Å². The van der Waals surface area contributed by atoms with Crippen LogP contribution in [-0.2, 0) is 11.2 Å². The van der Waals surface area contributed by atoms with Crippen molar-refractivity contribution in [3.8, 4) is 0 Å². The first kappa shape index (κ1) is 17.3. The maximum Gasteiger partial charge on any atom is 0.220 e. The third-order valence-electron chi connectivity index (χ3n) is 4.20. The summed E-state index contributed by atoms with van der Waals surface area (Å²) in [5.41, 5.74) is 7.08. The Morgan fingerprint density at radius 1 is 1.36 bits per heavy atom.